The van der Waals surface area contributed by atoms with Crippen LogP contribution in [0.25, 0.3) is 0 Å². The molecule has 0 N–H and O–H groups in total. The van der Waals surface area contributed by atoms with Gasteiger partial charge in [0, 0.05) is 13.3 Å². The van der Waals surface area contributed by atoms with Crippen LogP contribution in [-0.2, 0) is 9.53 Å². The maximum atomic E-state index is 11.5. The number of fused-ring (bicyclic) bond motifs is 5. The van der Waals surface area contributed by atoms with Gasteiger partial charge in [-0.1, -0.05) is 66.0 Å². The first kappa shape index (κ1) is 24.3. The van der Waals surface area contributed by atoms with Gasteiger partial charge in [0.15, 0.2) is 0 Å². The van der Waals surface area contributed by atoms with Gasteiger partial charge in [-0.15, -0.1) is 0 Å². The quantitative estimate of drug-likeness (QED) is 0.305. The summed E-state index contributed by atoms with van der Waals surface area (Å²) in [6, 6.07) is 0. The first-order valence-corrected chi connectivity index (χ1v) is 13.8. The van der Waals surface area contributed by atoms with Gasteiger partial charge in [0.25, 0.3) is 0 Å². The highest BCUT2D eigenvalue weighted by Gasteiger charge is 2.60. The van der Waals surface area contributed by atoms with Gasteiger partial charge >= 0.3 is 5.97 Å². The third-order valence-corrected chi connectivity index (χ3v) is 10.9. The molecule has 4 aliphatic carbocycles. The average molecular weight is 443 g/mol. The summed E-state index contributed by atoms with van der Waals surface area (Å²) in [5.74, 6) is 4.19. The molecule has 7 atom stereocenters. The molecule has 0 aliphatic heterocycles. The summed E-state index contributed by atoms with van der Waals surface area (Å²) < 4.78 is 5.63. The van der Waals surface area contributed by atoms with Gasteiger partial charge in [0.05, 0.1) is 0 Å². The SMILES string of the molecule is CC(=O)O[C@H]1CCC2(C)C(=CC[C@@H]3C2CC[C@@]2(C)C3CCC2C(C)(C)CCCC(C)C)C1. The predicted octanol–water partition coefficient (Wildman–Crippen LogP) is 8.35. The molecular weight excluding hydrogens is 392 g/mol. The standard InChI is InChI=1S/C30H50O2/c1-20(2)9-8-16-28(4,5)27-13-12-25-24-11-10-22-19-23(32-21(3)31)14-17-29(22,6)26(24)15-18-30(25,27)7/h10,20,23-27H,8-9,11-19H2,1-7H3/t23-,24-,25?,26?,27?,29?,30-/m0/s1. The van der Waals surface area contributed by atoms with Gasteiger partial charge in [-0.2, -0.15) is 0 Å². The number of allylic oxidation sites excluding steroid dienone is 1. The molecule has 2 heteroatoms. The summed E-state index contributed by atoms with van der Waals surface area (Å²) in [5.41, 5.74) is 2.95. The Bertz CT molecular complexity index is 733. The summed E-state index contributed by atoms with van der Waals surface area (Å²) in [7, 11) is 0. The lowest BCUT2D eigenvalue weighted by Gasteiger charge is -2.59. The van der Waals surface area contributed by atoms with Crippen LogP contribution in [0.2, 0.25) is 0 Å². The van der Waals surface area contributed by atoms with Gasteiger partial charge in [-0.3, -0.25) is 4.79 Å². The number of hydrogen-bond acceptors (Lipinski definition) is 2. The smallest absolute Gasteiger partial charge is 0.302 e. The topological polar surface area (TPSA) is 26.3 Å². The third kappa shape index (κ3) is 4.22. The zero-order valence-electron chi connectivity index (χ0n) is 22.1. The normalized spacial score (nSPS) is 41.5. The van der Waals surface area contributed by atoms with Crippen molar-refractivity contribution in [3.8, 4) is 0 Å². The van der Waals surface area contributed by atoms with Gasteiger partial charge in [0.2, 0.25) is 0 Å². The molecule has 4 aliphatic rings. The fraction of sp³-hybridized carbons (Fsp3) is 0.900. The maximum Gasteiger partial charge on any atom is 0.302 e. The molecule has 0 bridgehead atoms. The van der Waals surface area contributed by atoms with Crippen LogP contribution in [0.3, 0.4) is 0 Å². The molecule has 0 radical (unpaired) electrons. The van der Waals surface area contributed by atoms with E-state index in [9.17, 15) is 4.79 Å². The van der Waals surface area contributed by atoms with E-state index in [-0.39, 0.29) is 12.1 Å². The monoisotopic (exact) mass is 442 g/mol. The van der Waals surface area contributed by atoms with E-state index in [1.807, 2.05) is 0 Å². The molecular formula is C30H50O2. The highest BCUT2D eigenvalue weighted by atomic mass is 16.5. The molecule has 0 aromatic carbocycles. The summed E-state index contributed by atoms with van der Waals surface area (Å²) in [5, 5.41) is 0. The first-order chi connectivity index (χ1) is 15.0. The van der Waals surface area contributed by atoms with Crippen LogP contribution < -0.4 is 0 Å². The fourth-order valence-corrected chi connectivity index (χ4v) is 9.39. The van der Waals surface area contributed by atoms with Crippen molar-refractivity contribution in [2.75, 3.05) is 0 Å². The van der Waals surface area contributed by atoms with Gasteiger partial charge in [-0.25, -0.2) is 0 Å². The van der Waals surface area contributed by atoms with Crippen molar-refractivity contribution in [3.05, 3.63) is 11.6 Å². The van der Waals surface area contributed by atoms with E-state index in [1.54, 1.807) is 12.5 Å². The lowest BCUT2D eigenvalue weighted by Crippen LogP contribution is -2.51. The highest BCUT2D eigenvalue weighted by molar-refractivity contribution is 5.66. The van der Waals surface area contributed by atoms with E-state index in [0.717, 1.165) is 42.4 Å². The maximum absolute atomic E-state index is 11.5. The van der Waals surface area contributed by atoms with Crippen LogP contribution in [0.1, 0.15) is 119 Å². The number of carbonyl (C=O) groups excluding carboxylic acids is 1. The molecule has 0 aromatic heterocycles. The minimum atomic E-state index is -0.116. The molecule has 2 nitrogen and oxygen atoms in total. The molecule has 4 rings (SSSR count). The molecule has 3 saturated carbocycles. The summed E-state index contributed by atoms with van der Waals surface area (Å²) in [4.78, 5) is 11.5. The molecule has 3 fully saturated rings. The molecule has 182 valence electrons. The zero-order valence-corrected chi connectivity index (χ0v) is 22.1. The van der Waals surface area contributed by atoms with Crippen LogP contribution in [0.5, 0.6) is 0 Å². The molecule has 0 saturated heterocycles. The van der Waals surface area contributed by atoms with Crippen molar-refractivity contribution >= 4 is 5.97 Å². The first-order valence-electron chi connectivity index (χ1n) is 13.8. The molecule has 32 heavy (non-hydrogen) atoms. The molecule has 0 spiro atoms. The lowest BCUT2D eigenvalue weighted by atomic mass is 9.46. The Hall–Kier alpha value is -0.790. The molecule has 0 heterocycles. The Labute approximate surface area is 198 Å². The van der Waals surface area contributed by atoms with Crippen molar-refractivity contribution in [2.45, 2.75) is 125 Å². The minimum absolute atomic E-state index is 0.111. The van der Waals surface area contributed by atoms with Crippen LogP contribution >= 0.6 is 0 Å². The molecule has 0 amide bonds. The van der Waals surface area contributed by atoms with Crippen LogP contribution in [0.4, 0.5) is 0 Å². The Kier molecular flexibility index (Phi) is 6.67. The Morgan fingerprint density at radius 1 is 1.12 bits per heavy atom. The second-order valence-electron chi connectivity index (χ2n) is 13.7. The van der Waals surface area contributed by atoms with Crippen LogP contribution in [-0.4, -0.2) is 12.1 Å². The van der Waals surface area contributed by atoms with E-state index in [1.165, 1.54) is 57.8 Å². The van der Waals surface area contributed by atoms with Gasteiger partial charge < -0.3 is 4.74 Å². The largest absolute Gasteiger partial charge is 0.462 e. The number of esters is 1. The van der Waals surface area contributed by atoms with E-state index in [0.29, 0.717) is 16.2 Å². The highest BCUT2D eigenvalue weighted by Crippen LogP contribution is 2.68. The van der Waals surface area contributed by atoms with Crippen LogP contribution in [0.15, 0.2) is 11.6 Å². The number of carbonyl (C=O) groups is 1. The van der Waals surface area contributed by atoms with Crippen molar-refractivity contribution in [1.29, 1.82) is 0 Å². The minimum Gasteiger partial charge on any atom is -0.462 e. The second kappa shape index (κ2) is 8.77. The summed E-state index contributed by atoms with van der Waals surface area (Å²) in [6.45, 7) is 16.7. The second-order valence-corrected chi connectivity index (χ2v) is 13.7. The van der Waals surface area contributed by atoms with Crippen LogP contribution in [0, 0.1) is 45.8 Å². The Morgan fingerprint density at radius 2 is 1.88 bits per heavy atom. The van der Waals surface area contributed by atoms with E-state index in [2.05, 4.69) is 47.6 Å². The van der Waals surface area contributed by atoms with E-state index < -0.39 is 0 Å². The fourth-order valence-electron chi connectivity index (χ4n) is 9.39. The third-order valence-electron chi connectivity index (χ3n) is 10.9. The van der Waals surface area contributed by atoms with Crippen molar-refractivity contribution in [3.63, 3.8) is 0 Å². The van der Waals surface area contributed by atoms with Crippen molar-refractivity contribution < 1.29 is 9.53 Å². The van der Waals surface area contributed by atoms with Gasteiger partial charge in [-0.05, 0) is 97.2 Å². The molecule has 0 aromatic rings. The van der Waals surface area contributed by atoms with E-state index >= 15 is 0 Å². The summed E-state index contributed by atoms with van der Waals surface area (Å²) in [6.07, 6.45) is 17.1. The van der Waals surface area contributed by atoms with Crippen molar-refractivity contribution in [2.24, 2.45) is 45.8 Å². The van der Waals surface area contributed by atoms with Gasteiger partial charge in [0.1, 0.15) is 6.10 Å². The Balaban J connectivity index is 1.50. The lowest BCUT2D eigenvalue weighted by molar-refractivity contribution is -0.148. The number of ether oxygens (including phenoxy) is 1. The zero-order chi connectivity index (χ0) is 23.3. The Morgan fingerprint density at radius 3 is 2.56 bits per heavy atom. The molecule has 4 unspecified atom stereocenters. The van der Waals surface area contributed by atoms with Crippen molar-refractivity contribution in [1.82, 2.24) is 0 Å². The summed E-state index contributed by atoms with van der Waals surface area (Å²) >= 11 is 0. The van der Waals surface area contributed by atoms with E-state index in [4.69, 9.17) is 4.74 Å². The predicted molar refractivity (Wildman–Crippen MR) is 133 cm³/mol. The number of hydrogen-bond donors (Lipinski definition) is 0. The average Bonchev–Trinajstić information content (AvgIpc) is 3.05. The number of rotatable bonds is 6.